The van der Waals surface area contributed by atoms with E-state index >= 15 is 0 Å². The zero-order valence-corrected chi connectivity index (χ0v) is 20.3. The van der Waals surface area contributed by atoms with Gasteiger partial charge in [-0.1, -0.05) is 29.0 Å². The van der Waals surface area contributed by atoms with E-state index in [-0.39, 0.29) is 0 Å². The molecule has 0 radical (unpaired) electrons. The van der Waals surface area contributed by atoms with Crippen LogP contribution < -0.4 is 9.47 Å². The Morgan fingerprint density at radius 3 is 2.52 bits per heavy atom. The summed E-state index contributed by atoms with van der Waals surface area (Å²) < 4.78 is 12.9. The number of ether oxygens (including phenoxy) is 2. The van der Waals surface area contributed by atoms with Crippen molar-refractivity contribution in [1.29, 1.82) is 0 Å². The third-order valence-electron chi connectivity index (χ3n) is 5.71. The van der Waals surface area contributed by atoms with Crippen molar-refractivity contribution in [2.75, 3.05) is 26.2 Å². The van der Waals surface area contributed by atoms with Gasteiger partial charge < -0.3 is 9.47 Å². The fraction of sp³-hybridized carbons (Fsp3) is 0.308. The molecule has 170 valence electrons. The molecule has 0 aliphatic carbocycles. The quantitative estimate of drug-likeness (QED) is 0.292. The third-order valence-corrected chi connectivity index (χ3v) is 7.95. The molecule has 33 heavy (non-hydrogen) atoms. The zero-order valence-electron chi connectivity index (χ0n) is 18.6. The van der Waals surface area contributed by atoms with Crippen molar-refractivity contribution in [3.05, 3.63) is 72.4 Å². The van der Waals surface area contributed by atoms with Crippen molar-refractivity contribution >= 4 is 33.4 Å². The molecule has 4 aromatic rings. The number of thiazole rings is 1. The fourth-order valence-electron chi connectivity index (χ4n) is 3.85. The summed E-state index contributed by atoms with van der Waals surface area (Å²) >= 11 is 3.51. The molecule has 1 saturated heterocycles. The van der Waals surface area contributed by atoms with Crippen LogP contribution in [0.2, 0.25) is 0 Å². The van der Waals surface area contributed by atoms with Crippen molar-refractivity contribution in [1.82, 2.24) is 14.9 Å². The van der Waals surface area contributed by atoms with Gasteiger partial charge in [0.1, 0.15) is 18.1 Å². The van der Waals surface area contributed by atoms with Crippen LogP contribution in [0.15, 0.2) is 71.8 Å². The van der Waals surface area contributed by atoms with E-state index in [0.29, 0.717) is 17.1 Å². The average molecular weight is 478 g/mol. The molecule has 5 rings (SSSR count). The van der Waals surface area contributed by atoms with Gasteiger partial charge in [-0.25, -0.2) is 4.98 Å². The minimum Gasteiger partial charge on any atom is -0.492 e. The highest BCUT2D eigenvalue weighted by Crippen LogP contribution is 2.32. The van der Waals surface area contributed by atoms with Crippen molar-refractivity contribution in [3.8, 4) is 16.7 Å². The second-order valence-electron chi connectivity index (χ2n) is 8.20. The predicted molar refractivity (Wildman–Crippen MR) is 136 cm³/mol. The van der Waals surface area contributed by atoms with Gasteiger partial charge in [-0.05, 0) is 81.4 Å². The summed E-state index contributed by atoms with van der Waals surface area (Å²) in [6.07, 6.45) is 4.20. The monoisotopic (exact) mass is 477 g/mol. The molecule has 0 unspecified atom stereocenters. The summed E-state index contributed by atoms with van der Waals surface area (Å²) in [6, 6.07) is 20.5. The number of benzene rings is 2. The van der Waals surface area contributed by atoms with Gasteiger partial charge in [0.2, 0.25) is 0 Å². The normalized spacial score (nSPS) is 15.1. The number of rotatable bonds is 8. The molecule has 5 nitrogen and oxygen atoms in total. The maximum atomic E-state index is 5.97. The van der Waals surface area contributed by atoms with Crippen LogP contribution in [-0.2, 0) is 0 Å². The standard InChI is InChI=1S/C26H27N3O2S2/c1-19-4-10-22(11-5-19)32-23-12-15-29(16-13-23)17-18-30-20-6-8-21(9-7-20)31-26-28-25-24(33-26)3-2-14-27-25/h2-11,14,23H,12-13,15-18H2,1H3. The summed E-state index contributed by atoms with van der Waals surface area (Å²) in [5.41, 5.74) is 2.04. The summed E-state index contributed by atoms with van der Waals surface area (Å²) in [4.78, 5) is 12.5. The summed E-state index contributed by atoms with van der Waals surface area (Å²) in [6.45, 7) is 6.06. The third kappa shape index (κ3) is 6.05. The molecule has 7 heteroatoms. The van der Waals surface area contributed by atoms with Crippen LogP contribution in [0.4, 0.5) is 0 Å². The number of fused-ring (bicyclic) bond motifs is 1. The first-order valence-corrected chi connectivity index (χ1v) is 13.0. The Balaban J connectivity index is 1.03. The van der Waals surface area contributed by atoms with E-state index in [1.807, 2.05) is 48.2 Å². The topological polar surface area (TPSA) is 47.5 Å². The summed E-state index contributed by atoms with van der Waals surface area (Å²) in [5.74, 6) is 1.60. The molecule has 0 N–H and O–H groups in total. The maximum absolute atomic E-state index is 5.97. The summed E-state index contributed by atoms with van der Waals surface area (Å²) in [5, 5.41) is 1.31. The van der Waals surface area contributed by atoms with Gasteiger partial charge in [-0.2, -0.15) is 4.98 Å². The molecule has 2 aromatic carbocycles. The highest BCUT2D eigenvalue weighted by atomic mass is 32.2. The van der Waals surface area contributed by atoms with Crippen LogP contribution in [0.25, 0.3) is 10.3 Å². The predicted octanol–water partition coefficient (Wildman–Crippen LogP) is 6.43. The van der Waals surface area contributed by atoms with E-state index in [2.05, 4.69) is 46.1 Å². The van der Waals surface area contributed by atoms with Crippen LogP contribution in [-0.4, -0.2) is 46.4 Å². The van der Waals surface area contributed by atoms with Gasteiger partial charge in [0.25, 0.3) is 5.19 Å². The van der Waals surface area contributed by atoms with E-state index in [0.717, 1.165) is 41.5 Å². The zero-order chi connectivity index (χ0) is 22.5. The van der Waals surface area contributed by atoms with Crippen LogP contribution >= 0.6 is 23.1 Å². The van der Waals surface area contributed by atoms with Crippen LogP contribution in [0.5, 0.6) is 16.7 Å². The number of hydrogen-bond donors (Lipinski definition) is 0. The molecule has 3 heterocycles. The lowest BCUT2D eigenvalue weighted by molar-refractivity contribution is 0.185. The molecular weight excluding hydrogens is 450 g/mol. The number of nitrogens with zero attached hydrogens (tertiary/aromatic N) is 3. The van der Waals surface area contributed by atoms with E-state index in [1.165, 1.54) is 34.6 Å². The van der Waals surface area contributed by atoms with Crippen molar-refractivity contribution in [2.24, 2.45) is 0 Å². The van der Waals surface area contributed by atoms with E-state index in [4.69, 9.17) is 9.47 Å². The fourth-order valence-corrected chi connectivity index (χ4v) is 5.77. The summed E-state index contributed by atoms with van der Waals surface area (Å²) in [7, 11) is 0. The SMILES string of the molecule is Cc1ccc(SC2CCN(CCOc3ccc(Oc4nc5ncccc5s4)cc3)CC2)cc1. The number of aryl methyl sites for hydroxylation is 1. The first-order chi connectivity index (χ1) is 16.2. The number of pyridine rings is 1. The van der Waals surface area contributed by atoms with Crippen LogP contribution in [0, 0.1) is 6.92 Å². The Labute approximate surface area is 202 Å². The molecule has 1 fully saturated rings. The van der Waals surface area contributed by atoms with Crippen molar-refractivity contribution < 1.29 is 9.47 Å². The Bertz CT molecular complexity index is 1140. The van der Waals surface area contributed by atoms with Gasteiger partial charge in [-0.3, -0.25) is 4.90 Å². The largest absolute Gasteiger partial charge is 0.492 e. The lowest BCUT2D eigenvalue weighted by atomic mass is 10.1. The Kier molecular flexibility index (Phi) is 7.09. The Hall–Kier alpha value is -2.61. The van der Waals surface area contributed by atoms with Gasteiger partial charge in [-0.15, -0.1) is 11.8 Å². The average Bonchev–Trinajstić information content (AvgIpc) is 3.25. The smallest absolute Gasteiger partial charge is 0.281 e. The first-order valence-electron chi connectivity index (χ1n) is 11.3. The van der Waals surface area contributed by atoms with Gasteiger partial charge >= 0.3 is 0 Å². The maximum Gasteiger partial charge on any atom is 0.281 e. The highest BCUT2D eigenvalue weighted by Gasteiger charge is 2.20. The second-order valence-corrected chi connectivity index (χ2v) is 10.6. The molecule has 0 bridgehead atoms. The highest BCUT2D eigenvalue weighted by molar-refractivity contribution is 8.00. The molecule has 1 aliphatic heterocycles. The first kappa shape index (κ1) is 22.2. The number of hydrogen-bond acceptors (Lipinski definition) is 7. The minimum atomic E-state index is 0.598. The molecular formula is C26H27N3O2S2. The van der Waals surface area contributed by atoms with Gasteiger partial charge in [0.15, 0.2) is 5.65 Å². The number of likely N-dealkylation sites (tertiary alicyclic amines) is 1. The molecule has 2 aromatic heterocycles. The van der Waals surface area contributed by atoms with Crippen molar-refractivity contribution in [2.45, 2.75) is 29.9 Å². The van der Waals surface area contributed by atoms with Crippen LogP contribution in [0.1, 0.15) is 18.4 Å². The van der Waals surface area contributed by atoms with Crippen LogP contribution in [0.3, 0.4) is 0 Å². The minimum absolute atomic E-state index is 0.598. The number of piperidine rings is 1. The molecule has 0 atom stereocenters. The Morgan fingerprint density at radius 1 is 1.00 bits per heavy atom. The Morgan fingerprint density at radius 2 is 1.76 bits per heavy atom. The molecule has 1 aliphatic rings. The lowest BCUT2D eigenvalue weighted by Gasteiger charge is -2.31. The number of thioether (sulfide) groups is 1. The van der Waals surface area contributed by atoms with E-state index in [1.54, 1.807) is 6.20 Å². The molecule has 0 spiro atoms. The van der Waals surface area contributed by atoms with Crippen molar-refractivity contribution in [3.63, 3.8) is 0 Å². The lowest BCUT2D eigenvalue weighted by Crippen LogP contribution is -2.37. The second kappa shape index (κ2) is 10.5. The van der Waals surface area contributed by atoms with Gasteiger partial charge in [0, 0.05) is 22.9 Å². The van der Waals surface area contributed by atoms with Gasteiger partial charge in [0.05, 0.1) is 4.70 Å². The van der Waals surface area contributed by atoms with E-state index in [9.17, 15) is 0 Å². The van der Waals surface area contributed by atoms with E-state index < -0.39 is 0 Å². The molecule has 0 saturated carbocycles. The molecule has 0 amide bonds. The number of aromatic nitrogens is 2.